The third kappa shape index (κ3) is 5.37. The third-order valence-electron chi connectivity index (χ3n) is 9.54. The maximum atomic E-state index is 10.1. The van der Waals surface area contributed by atoms with Gasteiger partial charge in [0.25, 0.3) is 0 Å². The molecule has 0 saturated heterocycles. The monoisotopic (exact) mass is 560 g/mol. The molecule has 4 aromatic carbocycles. The Bertz CT molecular complexity index is 1710. The fourth-order valence-corrected chi connectivity index (χ4v) is 8.00. The van der Waals surface area contributed by atoms with E-state index in [0.717, 1.165) is 51.1 Å². The summed E-state index contributed by atoms with van der Waals surface area (Å²) in [6.45, 7) is 4.85. The van der Waals surface area contributed by atoms with Crippen LogP contribution in [-0.2, 0) is 5.41 Å². The molecule has 4 heteroatoms. The summed E-state index contributed by atoms with van der Waals surface area (Å²) in [4.78, 5) is 14.6. The van der Waals surface area contributed by atoms with Crippen LogP contribution in [0.1, 0.15) is 57.1 Å². The summed E-state index contributed by atoms with van der Waals surface area (Å²) in [7, 11) is 0. The Morgan fingerprint density at radius 3 is 1.60 bits per heavy atom. The molecule has 0 aliphatic heterocycles. The number of aromatic nitrogens is 3. The molecule has 2 bridgehead atoms. The predicted octanol–water partition coefficient (Wildman–Crippen LogP) is 9.52. The van der Waals surface area contributed by atoms with Crippen LogP contribution in [0.5, 0.6) is 0 Å². The average molecular weight is 561 g/mol. The Balaban J connectivity index is 1.27. The van der Waals surface area contributed by atoms with Gasteiger partial charge in [-0.25, -0.2) is 15.0 Å². The number of hydrogen-bond donors (Lipinski definition) is 0. The first kappa shape index (κ1) is 27.2. The van der Waals surface area contributed by atoms with Gasteiger partial charge in [-0.1, -0.05) is 105 Å². The van der Waals surface area contributed by atoms with Crippen molar-refractivity contribution >= 4 is 0 Å². The molecule has 1 aromatic heterocycles. The molecule has 212 valence electrons. The highest BCUT2D eigenvalue weighted by Gasteiger charge is 2.45. The van der Waals surface area contributed by atoms with Gasteiger partial charge in [-0.3, -0.25) is 0 Å². The van der Waals surface area contributed by atoms with E-state index >= 15 is 0 Å². The van der Waals surface area contributed by atoms with Crippen molar-refractivity contribution in [3.05, 3.63) is 114 Å². The molecule has 1 unspecified atom stereocenters. The Kier molecular flexibility index (Phi) is 7.11. The summed E-state index contributed by atoms with van der Waals surface area (Å²) in [6.07, 6.45) is 6.46. The van der Waals surface area contributed by atoms with Gasteiger partial charge in [0.2, 0.25) is 0 Å². The van der Waals surface area contributed by atoms with E-state index in [-0.39, 0.29) is 5.41 Å². The first-order chi connectivity index (χ1) is 21.0. The van der Waals surface area contributed by atoms with Crippen LogP contribution in [0.15, 0.2) is 103 Å². The fraction of sp³-hybridized carbons (Fsp3) is 0.282. The van der Waals surface area contributed by atoms with Crippen LogP contribution < -0.4 is 0 Å². The van der Waals surface area contributed by atoms with Gasteiger partial charge >= 0.3 is 0 Å². The van der Waals surface area contributed by atoms with Crippen LogP contribution in [0.2, 0.25) is 0 Å². The van der Waals surface area contributed by atoms with Crippen molar-refractivity contribution < 1.29 is 0 Å². The molecular formula is C39H36N4. The zero-order valence-electron chi connectivity index (χ0n) is 24.9. The van der Waals surface area contributed by atoms with E-state index in [4.69, 9.17) is 15.0 Å². The van der Waals surface area contributed by atoms with E-state index in [0.29, 0.717) is 17.5 Å². The van der Waals surface area contributed by atoms with E-state index < -0.39 is 0 Å². The summed E-state index contributed by atoms with van der Waals surface area (Å²) in [5.41, 5.74) is 7.22. The molecule has 4 nitrogen and oxygen atoms in total. The molecule has 0 N–H and O–H groups in total. The molecule has 4 atom stereocenters. The second kappa shape index (κ2) is 11.2. The van der Waals surface area contributed by atoms with Gasteiger partial charge < -0.3 is 0 Å². The Labute approximate surface area is 254 Å². The summed E-state index contributed by atoms with van der Waals surface area (Å²) >= 11 is 0. The summed E-state index contributed by atoms with van der Waals surface area (Å²) in [6, 6.07) is 37.5. The number of nitriles is 1. The highest BCUT2D eigenvalue weighted by Crippen LogP contribution is 2.54. The van der Waals surface area contributed by atoms with Gasteiger partial charge in [0, 0.05) is 16.7 Å². The average Bonchev–Trinajstić information content (AvgIpc) is 3.04. The van der Waals surface area contributed by atoms with E-state index in [9.17, 15) is 5.26 Å². The molecule has 0 radical (unpaired) electrons. The largest absolute Gasteiger partial charge is 0.208 e. The van der Waals surface area contributed by atoms with E-state index in [1.54, 1.807) is 0 Å². The van der Waals surface area contributed by atoms with E-state index in [2.05, 4.69) is 56.3 Å². The molecule has 43 heavy (non-hydrogen) atoms. The molecule has 5 aromatic rings. The number of fused-ring (bicyclic) bond motifs is 2. The van der Waals surface area contributed by atoms with Gasteiger partial charge in [-0.05, 0) is 84.1 Å². The molecule has 2 saturated carbocycles. The van der Waals surface area contributed by atoms with Crippen LogP contribution in [0.4, 0.5) is 0 Å². The molecular weight excluding hydrogens is 524 g/mol. The van der Waals surface area contributed by atoms with E-state index in [1.807, 2.05) is 66.7 Å². The van der Waals surface area contributed by atoms with E-state index in [1.165, 1.54) is 37.7 Å². The van der Waals surface area contributed by atoms with Crippen molar-refractivity contribution in [2.45, 2.75) is 51.4 Å². The van der Waals surface area contributed by atoms with Crippen molar-refractivity contribution in [1.29, 1.82) is 5.26 Å². The second-order valence-electron chi connectivity index (χ2n) is 12.9. The second-order valence-corrected chi connectivity index (χ2v) is 12.9. The molecule has 2 aliphatic carbocycles. The van der Waals surface area contributed by atoms with Gasteiger partial charge in [0.15, 0.2) is 17.5 Å². The summed E-state index contributed by atoms with van der Waals surface area (Å²) in [5.74, 6) is 4.22. The molecule has 0 spiro atoms. The zero-order chi connectivity index (χ0) is 29.4. The minimum absolute atomic E-state index is 0.217. The molecule has 2 aliphatic rings. The number of rotatable bonds is 5. The number of benzene rings is 4. The highest BCUT2D eigenvalue weighted by molar-refractivity contribution is 5.74. The lowest BCUT2D eigenvalue weighted by Crippen LogP contribution is -2.42. The summed E-state index contributed by atoms with van der Waals surface area (Å²) < 4.78 is 0. The Morgan fingerprint density at radius 1 is 0.605 bits per heavy atom. The van der Waals surface area contributed by atoms with Crippen molar-refractivity contribution in [1.82, 2.24) is 15.0 Å². The molecule has 0 amide bonds. The standard InChI is InChI=1S/C39H36N4/c1-26-19-28-20-27(2)23-39(22-26,24-28)34-18-17-33(25-40)35(21-34)29-13-15-32(16-14-29)38-42-36(30-9-5-3-6-10-30)41-37(43-38)31-11-7-4-8-12-31/h3-18,21,26-28H,19-20,22-24H2,1-2H3/t26-,27+,28-,39?. The normalized spacial score (nSPS) is 23.0. The maximum absolute atomic E-state index is 10.1. The zero-order valence-corrected chi connectivity index (χ0v) is 24.9. The molecule has 7 rings (SSSR count). The third-order valence-corrected chi connectivity index (χ3v) is 9.54. The van der Waals surface area contributed by atoms with Crippen LogP contribution in [0.25, 0.3) is 45.3 Å². The van der Waals surface area contributed by atoms with Crippen LogP contribution in [0, 0.1) is 29.1 Å². The highest BCUT2D eigenvalue weighted by atomic mass is 15.0. The maximum Gasteiger partial charge on any atom is 0.164 e. The van der Waals surface area contributed by atoms with Crippen LogP contribution in [0.3, 0.4) is 0 Å². The molecule has 2 fully saturated rings. The minimum Gasteiger partial charge on any atom is -0.208 e. The minimum atomic E-state index is 0.217. The van der Waals surface area contributed by atoms with Crippen molar-refractivity contribution in [3.63, 3.8) is 0 Å². The number of nitrogens with zero attached hydrogens (tertiary/aromatic N) is 4. The van der Waals surface area contributed by atoms with Crippen molar-refractivity contribution in [2.75, 3.05) is 0 Å². The van der Waals surface area contributed by atoms with Crippen molar-refractivity contribution in [2.24, 2.45) is 17.8 Å². The van der Waals surface area contributed by atoms with Gasteiger partial charge in [-0.2, -0.15) is 5.26 Å². The van der Waals surface area contributed by atoms with Gasteiger partial charge in [0.05, 0.1) is 11.6 Å². The fourth-order valence-electron chi connectivity index (χ4n) is 8.00. The van der Waals surface area contributed by atoms with Gasteiger partial charge in [-0.15, -0.1) is 0 Å². The van der Waals surface area contributed by atoms with Crippen molar-refractivity contribution in [3.8, 4) is 51.4 Å². The lowest BCUT2D eigenvalue weighted by Gasteiger charge is -2.50. The Hall–Kier alpha value is -4.62. The summed E-state index contributed by atoms with van der Waals surface area (Å²) in [5, 5.41) is 10.1. The van der Waals surface area contributed by atoms with Crippen LogP contribution >= 0.6 is 0 Å². The lowest BCUT2D eigenvalue weighted by molar-refractivity contribution is 0.0780. The first-order valence-corrected chi connectivity index (χ1v) is 15.5. The predicted molar refractivity (Wildman–Crippen MR) is 173 cm³/mol. The number of hydrogen-bond acceptors (Lipinski definition) is 4. The molecule has 1 heterocycles. The SMILES string of the molecule is C[C@@H]1C[C@@H]2C[C@H](C)CC(c3ccc(C#N)c(-c4ccc(-c5nc(-c6ccccc6)nc(-c6ccccc6)n5)cc4)c3)(C1)C2. The van der Waals surface area contributed by atoms with Crippen LogP contribution in [-0.4, -0.2) is 15.0 Å². The first-order valence-electron chi connectivity index (χ1n) is 15.5. The smallest absolute Gasteiger partial charge is 0.164 e. The topological polar surface area (TPSA) is 62.5 Å². The Morgan fingerprint density at radius 2 is 1.09 bits per heavy atom. The lowest BCUT2D eigenvalue weighted by atomic mass is 9.54. The quantitative estimate of drug-likeness (QED) is 0.215. The van der Waals surface area contributed by atoms with Gasteiger partial charge in [0.1, 0.15) is 0 Å².